The monoisotopic (exact) mass is 557 g/mol. The summed E-state index contributed by atoms with van der Waals surface area (Å²) in [6.45, 7) is 5.41. The van der Waals surface area contributed by atoms with Crippen LogP contribution in [0.3, 0.4) is 0 Å². The summed E-state index contributed by atoms with van der Waals surface area (Å²) in [5.74, 6) is 0.550. The Morgan fingerprint density at radius 2 is 1.72 bits per heavy atom. The number of aromatic nitrogens is 2. The first-order chi connectivity index (χ1) is 19.0. The van der Waals surface area contributed by atoms with Gasteiger partial charge in [-0.25, -0.2) is 9.59 Å². The molecule has 1 aromatic heterocycles. The summed E-state index contributed by atoms with van der Waals surface area (Å²) >= 11 is 0. The van der Waals surface area contributed by atoms with Crippen LogP contribution in [-0.4, -0.2) is 90.9 Å². The number of carbonyl (C=O) groups excluding carboxylic acids is 1. The Morgan fingerprint density at radius 1 is 1.05 bits per heavy atom. The van der Waals surface area contributed by atoms with Gasteiger partial charge in [0.2, 0.25) is 0 Å². The van der Waals surface area contributed by atoms with Crippen molar-refractivity contribution in [2.45, 2.75) is 90.1 Å². The molecule has 0 spiro atoms. The molecule has 0 bridgehead atoms. The molecule has 0 amide bonds. The Bertz CT molecular complexity index is 867. The zero-order chi connectivity index (χ0) is 28.3. The molecule has 1 aromatic rings. The van der Waals surface area contributed by atoms with E-state index in [1.165, 1.54) is 43.1 Å². The lowest BCUT2D eigenvalue weighted by Crippen LogP contribution is -2.30. The van der Waals surface area contributed by atoms with Gasteiger partial charge in [0.15, 0.2) is 0 Å². The van der Waals surface area contributed by atoms with Crippen LogP contribution in [0.25, 0.3) is 0 Å². The van der Waals surface area contributed by atoms with Gasteiger partial charge in [-0.1, -0.05) is 51.9 Å². The number of hydrogen-bond acceptors (Lipinski definition) is 11. The minimum atomic E-state index is -0.912. The Kier molecular flexibility index (Phi) is 16.7. The summed E-state index contributed by atoms with van der Waals surface area (Å²) in [6.07, 6.45) is 8.44. The average molecular weight is 558 g/mol. The van der Waals surface area contributed by atoms with E-state index >= 15 is 0 Å². The number of nitrogens with zero attached hydrogens (tertiary/aromatic N) is 2. The molecule has 3 N–H and O–H groups in total. The molecule has 1 saturated heterocycles. The molecule has 3 atom stereocenters. The van der Waals surface area contributed by atoms with Crippen molar-refractivity contribution >= 4 is 12.0 Å². The number of aryl methyl sites for hydroxylation is 1. The molecule has 12 heteroatoms. The van der Waals surface area contributed by atoms with Gasteiger partial charge in [0.1, 0.15) is 30.9 Å². The second kappa shape index (κ2) is 19.8. The van der Waals surface area contributed by atoms with E-state index in [1.807, 2.05) is 6.92 Å². The molecular formula is C27H47N3O9. The van der Waals surface area contributed by atoms with Crippen LogP contribution in [0.1, 0.15) is 76.5 Å². The van der Waals surface area contributed by atoms with E-state index in [-0.39, 0.29) is 39.5 Å². The predicted molar refractivity (Wildman–Crippen MR) is 145 cm³/mol. The van der Waals surface area contributed by atoms with Crippen molar-refractivity contribution in [1.82, 2.24) is 9.55 Å². The van der Waals surface area contributed by atoms with Gasteiger partial charge in [-0.15, -0.1) is 0 Å². The third-order valence-corrected chi connectivity index (χ3v) is 6.43. The maximum atomic E-state index is 12.8. The number of rotatable bonds is 21. The number of aliphatic hydroxyl groups is 2. The molecule has 0 aliphatic carbocycles. The summed E-state index contributed by atoms with van der Waals surface area (Å²) in [4.78, 5) is 29.0. The molecule has 224 valence electrons. The second-order valence-electron chi connectivity index (χ2n) is 9.61. The fourth-order valence-electron chi connectivity index (χ4n) is 4.30. The average Bonchev–Trinajstić information content (AvgIpc) is 3.33. The van der Waals surface area contributed by atoms with E-state index in [9.17, 15) is 14.7 Å². The van der Waals surface area contributed by atoms with Crippen LogP contribution in [0.2, 0.25) is 0 Å². The van der Waals surface area contributed by atoms with E-state index in [2.05, 4.69) is 17.2 Å². The topological polar surface area (TPSA) is 151 Å². The Balaban J connectivity index is 1.75. The Labute approximate surface area is 230 Å². The highest BCUT2D eigenvalue weighted by Crippen LogP contribution is 2.30. The zero-order valence-electron chi connectivity index (χ0n) is 23.5. The summed E-state index contributed by atoms with van der Waals surface area (Å²) in [6, 6.07) is 0. The maximum Gasteiger partial charge on any atom is 0.508 e. The van der Waals surface area contributed by atoms with Crippen LogP contribution in [0, 0.1) is 6.92 Å². The largest absolute Gasteiger partial charge is 0.508 e. The standard InChI is InChI=1S/C27H47N3O9/c1-3-4-5-6-7-8-9-10-11-28-25-21(2)19-30(26(33)29-25)24-18-22(23(20-32)38-24)39-27(34)37-17-16-36-15-14-35-13-12-31/h19,22-24,31-32H,3-18,20H2,1-2H3,(H,28,29,33)/t22-,23+,24+/m0/s1. The van der Waals surface area contributed by atoms with Gasteiger partial charge in [0.25, 0.3) is 0 Å². The van der Waals surface area contributed by atoms with Gasteiger partial charge in [0, 0.05) is 24.7 Å². The van der Waals surface area contributed by atoms with Crippen molar-refractivity contribution in [3.8, 4) is 0 Å². The van der Waals surface area contributed by atoms with Gasteiger partial charge in [-0.2, -0.15) is 4.98 Å². The SMILES string of the molecule is CCCCCCCCCCNc1nc(=O)n([C@H]2C[C@H](OC(=O)OCCOCCOCCO)[C@@H](CO)O2)cc1C. The highest BCUT2D eigenvalue weighted by atomic mass is 16.7. The van der Waals surface area contributed by atoms with Crippen molar-refractivity contribution in [3.05, 3.63) is 22.2 Å². The van der Waals surface area contributed by atoms with Gasteiger partial charge in [0.05, 0.1) is 39.6 Å². The first kappa shape index (κ1) is 33.0. The van der Waals surface area contributed by atoms with E-state index < -0.39 is 30.3 Å². The smallest absolute Gasteiger partial charge is 0.432 e. The van der Waals surface area contributed by atoms with Crippen molar-refractivity contribution in [3.63, 3.8) is 0 Å². The van der Waals surface area contributed by atoms with Gasteiger partial charge in [-0.3, -0.25) is 4.57 Å². The second-order valence-corrected chi connectivity index (χ2v) is 9.61. The van der Waals surface area contributed by atoms with Crippen molar-refractivity contribution in [2.75, 3.05) is 58.1 Å². The van der Waals surface area contributed by atoms with Gasteiger partial charge in [-0.05, 0) is 13.3 Å². The van der Waals surface area contributed by atoms with E-state index in [0.29, 0.717) is 19.0 Å². The number of aliphatic hydroxyl groups excluding tert-OH is 2. The molecule has 1 fully saturated rings. The van der Waals surface area contributed by atoms with Crippen LogP contribution in [0.5, 0.6) is 0 Å². The maximum absolute atomic E-state index is 12.8. The third-order valence-electron chi connectivity index (χ3n) is 6.43. The summed E-state index contributed by atoms with van der Waals surface area (Å²) in [7, 11) is 0. The predicted octanol–water partition coefficient (Wildman–Crippen LogP) is 2.93. The fourth-order valence-corrected chi connectivity index (χ4v) is 4.30. The normalized spacial score (nSPS) is 18.8. The molecule has 1 aliphatic rings. The van der Waals surface area contributed by atoms with Gasteiger partial charge >= 0.3 is 11.8 Å². The van der Waals surface area contributed by atoms with E-state index in [0.717, 1.165) is 24.9 Å². The zero-order valence-corrected chi connectivity index (χ0v) is 23.5. The minimum absolute atomic E-state index is 0.0182. The van der Waals surface area contributed by atoms with Crippen LogP contribution < -0.4 is 11.0 Å². The van der Waals surface area contributed by atoms with E-state index in [1.54, 1.807) is 6.20 Å². The number of carbonyl (C=O) groups is 1. The molecule has 12 nitrogen and oxygen atoms in total. The molecule has 0 aromatic carbocycles. The molecule has 2 heterocycles. The third kappa shape index (κ3) is 12.6. The fraction of sp³-hybridized carbons (Fsp3) is 0.815. The molecule has 39 heavy (non-hydrogen) atoms. The van der Waals surface area contributed by atoms with Crippen LogP contribution >= 0.6 is 0 Å². The summed E-state index contributed by atoms with van der Waals surface area (Å²) < 4.78 is 27.8. The van der Waals surface area contributed by atoms with Crippen LogP contribution in [-0.2, 0) is 23.7 Å². The number of anilines is 1. The lowest BCUT2D eigenvalue weighted by Gasteiger charge is -2.16. The summed E-state index contributed by atoms with van der Waals surface area (Å²) in [5, 5.41) is 21.6. The first-order valence-electron chi connectivity index (χ1n) is 14.2. The van der Waals surface area contributed by atoms with Crippen LogP contribution in [0.15, 0.2) is 11.0 Å². The number of hydrogen-bond donors (Lipinski definition) is 3. The summed E-state index contributed by atoms with van der Waals surface area (Å²) in [5.41, 5.74) is 0.313. The van der Waals surface area contributed by atoms with Crippen molar-refractivity contribution in [2.24, 2.45) is 0 Å². The molecule has 0 unspecified atom stereocenters. The molecular weight excluding hydrogens is 510 g/mol. The highest BCUT2D eigenvalue weighted by molar-refractivity contribution is 5.60. The van der Waals surface area contributed by atoms with Gasteiger partial charge < -0.3 is 39.2 Å². The quantitative estimate of drug-likeness (QED) is 0.151. The van der Waals surface area contributed by atoms with Crippen molar-refractivity contribution < 1.29 is 38.7 Å². The highest BCUT2D eigenvalue weighted by Gasteiger charge is 2.39. The van der Waals surface area contributed by atoms with Crippen molar-refractivity contribution in [1.29, 1.82) is 0 Å². The number of nitrogens with one attached hydrogen (secondary N) is 1. The number of ether oxygens (including phenoxy) is 5. The molecule has 0 saturated carbocycles. The lowest BCUT2D eigenvalue weighted by molar-refractivity contribution is -0.0599. The molecule has 0 radical (unpaired) electrons. The molecule has 1 aliphatic heterocycles. The minimum Gasteiger partial charge on any atom is -0.432 e. The Hall–Kier alpha value is -2.25. The first-order valence-corrected chi connectivity index (χ1v) is 14.2. The molecule has 2 rings (SSSR count). The Morgan fingerprint density at radius 3 is 2.41 bits per heavy atom. The number of unbranched alkanes of at least 4 members (excludes halogenated alkanes) is 7. The van der Waals surface area contributed by atoms with E-state index in [4.69, 9.17) is 28.8 Å². The lowest BCUT2D eigenvalue weighted by atomic mass is 10.1. The van der Waals surface area contributed by atoms with Crippen LogP contribution in [0.4, 0.5) is 10.6 Å².